The van der Waals surface area contributed by atoms with E-state index in [1.165, 1.54) is 0 Å². The number of aliphatic hydroxyl groups excluding tert-OH is 1. The molecule has 1 aromatic carbocycles. The van der Waals surface area contributed by atoms with E-state index >= 15 is 0 Å². The van der Waals surface area contributed by atoms with E-state index in [2.05, 4.69) is 6.07 Å². The number of nitrogens with zero attached hydrogens (tertiary/aromatic N) is 1. The van der Waals surface area contributed by atoms with Crippen LogP contribution in [0.5, 0.6) is 0 Å². The first kappa shape index (κ1) is 10.5. The van der Waals surface area contributed by atoms with Gasteiger partial charge in [0.2, 0.25) is 0 Å². The van der Waals surface area contributed by atoms with Crippen LogP contribution in [-0.4, -0.2) is 5.11 Å². The van der Waals surface area contributed by atoms with Gasteiger partial charge in [0.1, 0.15) is 0 Å². The second kappa shape index (κ2) is 3.84. The third-order valence-electron chi connectivity index (χ3n) is 3.19. The Morgan fingerprint density at radius 3 is 2.53 bits per heavy atom. The molecule has 2 rings (SSSR count). The molecular weight excluding hydrogens is 210 g/mol. The maximum absolute atomic E-state index is 10.2. The standard InChI is InChI=1S/C12H12ClNO/c13-10-5-2-1-4-9(10)11(15)12(8-14)6-3-7-12/h1-2,4-5,11,15H,3,6-7H2. The topological polar surface area (TPSA) is 44.0 Å². The Balaban J connectivity index is 2.32. The van der Waals surface area contributed by atoms with Crippen LogP contribution in [0.3, 0.4) is 0 Å². The quantitative estimate of drug-likeness (QED) is 0.834. The van der Waals surface area contributed by atoms with Gasteiger partial charge in [-0.05, 0) is 18.9 Å². The minimum absolute atomic E-state index is 0.534. The van der Waals surface area contributed by atoms with Crippen molar-refractivity contribution in [2.24, 2.45) is 5.41 Å². The van der Waals surface area contributed by atoms with Crippen LogP contribution < -0.4 is 0 Å². The smallest absolute Gasteiger partial charge is 0.0990 e. The molecule has 1 N–H and O–H groups in total. The average molecular weight is 222 g/mol. The predicted octanol–water partition coefficient (Wildman–Crippen LogP) is 3.07. The summed E-state index contributed by atoms with van der Waals surface area (Å²) in [6.07, 6.45) is 1.77. The number of halogens is 1. The third kappa shape index (κ3) is 1.62. The molecule has 1 atom stereocenters. The number of hydrogen-bond donors (Lipinski definition) is 1. The number of nitriles is 1. The summed E-state index contributed by atoms with van der Waals surface area (Å²) in [5.41, 5.74) is 0.0609. The van der Waals surface area contributed by atoms with Crippen molar-refractivity contribution >= 4 is 11.6 Å². The second-order valence-electron chi connectivity index (χ2n) is 4.05. The van der Waals surface area contributed by atoms with Crippen molar-refractivity contribution in [1.82, 2.24) is 0 Å². The lowest BCUT2D eigenvalue weighted by atomic mass is 9.65. The average Bonchev–Trinajstić information content (AvgIpc) is 2.17. The van der Waals surface area contributed by atoms with E-state index in [-0.39, 0.29) is 0 Å². The van der Waals surface area contributed by atoms with Gasteiger partial charge in [-0.2, -0.15) is 5.26 Å². The first-order chi connectivity index (χ1) is 7.19. The van der Waals surface area contributed by atoms with Crippen LogP contribution in [0.1, 0.15) is 30.9 Å². The molecule has 1 unspecified atom stereocenters. The Morgan fingerprint density at radius 1 is 1.40 bits per heavy atom. The molecule has 0 amide bonds. The summed E-state index contributed by atoms with van der Waals surface area (Å²) < 4.78 is 0. The zero-order valence-electron chi connectivity index (χ0n) is 8.28. The first-order valence-electron chi connectivity index (χ1n) is 5.03. The first-order valence-corrected chi connectivity index (χ1v) is 5.41. The van der Waals surface area contributed by atoms with E-state index in [4.69, 9.17) is 16.9 Å². The van der Waals surface area contributed by atoms with E-state index in [0.717, 1.165) is 19.3 Å². The van der Waals surface area contributed by atoms with Crippen LogP contribution in [0.25, 0.3) is 0 Å². The van der Waals surface area contributed by atoms with E-state index in [9.17, 15) is 5.11 Å². The number of benzene rings is 1. The van der Waals surface area contributed by atoms with E-state index in [0.29, 0.717) is 10.6 Å². The number of hydrogen-bond acceptors (Lipinski definition) is 2. The summed E-state index contributed by atoms with van der Waals surface area (Å²) in [5, 5.41) is 19.8. The fraction of sp³-hybridized carbons (Fsp3) is 0.417. The molecule has 15 heavy (non-hydrogen) atoms. The summed E-state index contributed by atoms with van der Waals surface area (Å²) >= 11 is 5.99. The summed E-state index contributed by atoms with van der Waals surface area (Å²) in [4.78, 5) is 0. The van der Waals surface area contributed by atoms with Gasteiger partial charge in [-0.1, -0.05) is 36.2 Å². The van der Waals surface area contributed by atoms with Gasteiger partial charge in [0.25, 0.3) is 0 Å². The molecule has 0 aliphatic heterocycles. The molecule has 0 radical (unpaired) electrons. The Hall–Kier alpha value is -1.04. The van der Waals surface area contributed by atoms with Crippen molar-refractivity contribution in [3.8, 4) is 6.07 Å². The Bertz CT molecular complexity index is 406. The zero-order valence-corrected chi connectivity index (χ0v) is 9.04. The van der Waals surface area contributed by atoms with E-state index < -0.39 is 11.5 Å². The fourth-order valence-corrected chi connectivity index (χ4v) is 2.24. The molecular formula is C12H12ClNO. The molecule has 0 bridgehead atoms. The summed E-state index contributed by atoms with van der Waals surface area (Å²) in [7, 11) is 0. The van der Waals surface area contributed by atoms with Gasteiger partial charge >= 0.3 is 0 Å². The van der Waals surface area contributed by atoms with Crippen molar-refractivity contribution in [3.63, 3.8) is 0 Å². The van der Waals surface area contributed by atoms with Gasteiger partial charge in [0, 0.05) is 10.6 Å². The molecule has 1 saturated carbocycles. The highest BCUT2D eigenvalue weighted by Gasteiger charge is 2.45. The predicted molar refractivity (Wildman–Crippen MR) is 58.3 cm³/mol. The van der Waals surface area contributed by atoms with Crippen molar-refractivity contribution in [2.75, 3.05) is 0 Å². The largest absolute Gasteiger partial charge is 0.387 e. The van der Waals surface area contributed by atoms with Crippen molar-refractivity contribution < 1.29 is 5.11 Å². The lowest BCUT2D eigenvalue weighted by Crippen LogP contribution is -2.34. The van der Waals surface area contributed by atoms with Gasteiger partial charge in [-0.15, -0.1) is 0 Å². The Labute approximate surface area is 94.1 Å². The second-order valence-corrected chi connectivity index (χ2v) is 4.45. The van der Waals surface area contributed by atoms with Crippen LogP contribution >= 0.6 is 11.6 Å². The molecule has 0 aromatic heterocycles. The highest BCUT2D eigenvalue weighted by Crippen LogP contribution is 2.50. The molecule has 0 heterocycles. The van der Waals surface area contributed by atoms with Gasteiger partial charge < -0.3 is 5.11 Å². The Kier molecular flexibility index (Phi) is 2.68. The van der Waals surface area contributed by atoms with Crippen LogP contribution in [0.15, 0.2) is 24.3 Å². The van der Waals surface area contributed by atoms with Crippen molar-refractivity contribution in [2.45, 2.75) is 25.4 Å². The highest BCUT2D eigenvalue weighted by atomic mass is 35.5. The van der Waals surface area contributed by atoms with E-state index in [1.807, 2.05) is 12.1 Å². The van der Waals surface area contributed by atoms with Gasteiger partial charge in [0.05, 0.1) is 17.6 Å². The zero-order chi connectivity index (χ0) is 10.9. The van der Waals surface area contributed by atoms with Crippen LogP contribution in [0.4, 0.5) is 0 Å². The SMILES string of the molecule is N#CC1(C(O)c2ccccc2Cl)CCC1. The third-order valence-corrected chi connectivity index (χ3v) is 3.54. The maximum Gasteiger partial charge on any atom is 0.0990 e. The highest BCUT2D eigenvalue weighted by molar-refractivity contribution is 6.31. The minimum Gasteiger partial charge on any atom is -0.387 e. The minimum atomic E-state index is -0.759. The van der Waals surface area contributed by atoms with E-state index in [1.54, 1.807) is 12.1 Å². The van der Waals surface area contributed by atoms with Gasteiger partial charge in [0.15, 0.2) is 0 Å². The van der Waals surface area contributed by atoms with Crippen LogP contribution in [-0.2, 0) is 0 Å². The molecule has 2 nitrogen and oxygen atoms in total. The lowest BCUT2D eigenvalue weighted by Gasteiger charge is -2.39. The summed E-state index contributed by atoms with van der Waals surface area (Å²) in [6, 6.07) is 9.40. The van der Waals surface area contributed by atoms with Crippen molar-refractivity contribution in [1.29, 1.82) is 5.26 Å². The summed E-state index contributed by atoms with van der Waals surface area (Å²) in [6.45, 7) is 0. The summed E-state index contributed by atoms with van der Waals surface area (Å²) in [5.74, 6) is 0. The molecule has 1 aliphatic carbocycles. The van der Waals surface area contributed by atoms with Gasteiger partial charge in [-0.3, -0.25) is 0 Å². The molecule has 1 aromatic rings. The molecule has 0 spiro atoms. The Morgan fingerprint density at radius 2 is 2.07 bits per heavy atom. The molecule has 0 saturated heterocycles. The van der Waals surface area contributed by atoms with Crippen LogP contribution in [0, 0.1) is 16.7 Å². The lowest BCUT2D eigenvalue weighted by molar-refractivity contribution is 0.00802. The fourth-order valence-electron chi connectivity index (χ4n) is 2.00. The number of aliphatic hydroxyl groups is 1. The number of rotatable bonds is 2. The van der Waals surface area contributed by atoms with Crippen LogP contribution in [0.2, 0.25) is 5.02 Å². The molecule has 78 valence electrons. The molecule has 3 heteroatoms. The van der Waals surface area contributed by atoms with Gasteiger partial charge in [-0.25, -0.2) is 0 Å². The molecule has 1 aliphatic rings. The maximum atomic E-state index is 10.2. The van der Waals surface area contributed by atoms with Crippen molar-refractivity contribution in [3.05, 3.63) is 34.9 Å². The normalized spacial score (nSPS) is 20.1. The monoisotopic (exact) mass is 221 g/mol. The molecule has 1 fully saturated rings.